The Morgan fingerprint density at radius 3 is 2.47 bits per heavy atom. The van der Waals surface area contributed by atoms with E-state index in [-0.39, 0.29) is 11.8 Å². The molecule has 0 aliphatic carbocycles. The minimum atomic E-state index is -0.738. The predicted octanol–water partition coefficient (Wildman–Crippen LogP) is 4.66. The van der Waals surface area contributed by atoms with Gasteiger partial charge >= 0.3 is 0 Å². The highest BCUT2D eigenvalue weighted by atomic mass is 16.2. The van der Waals surface area contributed by atoms with Crippen LogP contribution in [-0.2, 0) is 4.79 Å². The molecule has 2 aromatic carbocycles. The molecule has 1 aliphatic heterocycles. The largest absolute Gasteiger partial charge is 0.361 e. The van der Waals surface area contributed by atoms with E-state index < -0.39 is 6.04 Å². The van der Waals surface area contributed by atoms with Crippen molar-refractivity contribution in [3.8, 4) is 0 Å². The second kappa shape index (κ2) is 11.3. The Balaban J connectivity index is 1.39. The number of likely N-dealkylation sites (tertiary alicyclic amines) is 1. The van der Waals surface area contributed by atoms with E-state index in [4.69, 9.17) is 0 Å². The number of aromatic nitrogens is 1. The van der Waals surface area contributed by atoms with Crippen LogP contribution in [0.15, 0.2) is 60.8 Å². The molecule has 0 saturated carbocycles. The summed E-state index contributed by atoms with van der Waals surface area (Å²) in [7, 11) is 0. The number of rotatable bonds is 9. The van der Waals surface area contributed by atoms with Gasteiger partial charge in [-0.05, 0) is 73.8 Å². The van der Waals surface area contributed by atoms with Crippen molar-refractivity contribution in [1.82, 2.24) is 20.5 Å². The van der Waals surface area contributed by atoms with E-state index in [1.807, 2.05) is 54.7 Å². The average Bonchev–Trinajstić information content (AvgIpc) is 3.36. The zero-order valence-corrected chi connectivity index (χ0v) is 20.2. The maximum atomic E-state index is 13.2. The highest BCUT2D eigenvalue weighted by Gasteiger charge is 2.26. The number of hydrogen-bond acceptors (Lipinski definition) is 3. The number of amides is 2. The van der Waals surface area contributed by atoms with Gasteiger partial charge in [-0.25, -0.2) is 0 Å². The molecule has 0 radical (unpaired) electrons. The predicted molar refractivity (Wildman–Crippen MR) is 137 cm³/mol. The molecule has 0 unspecified atom stereocenters. The van der Waals surface area contributed by atoms with E-state index in [0.717, 1.165) is 42.4 Å². The van der Waals surface area contributed by atoms with Gasteiger partial charge in [-0.3, -0.25) is 9.59 Å². The fourth-order valence-electron chi connectivity index (χ4n) is 5.02. The fourth-order valence-corrected chi connectivity index (χ4v) is 5.02. The average molecular weight is 461 g/mol. The highest BCUT2D eigenvalue weighted by Crippen LogP contribution is 2.22. The first-order valence-corrected chi connectivity index (χ1v) is 12.5. The highest BCUT2D eigenvalue weighted by molar-refractivity contribution is 6.00. The van der Waals surface area contributed by atoms with E-state index in [1.54, 1.807) is 6.07 Å². The number of aromatic amines is 1. The van der Waals surface area contributed by atoms with Crippen LogP contribution in [0.3, 0.4) is 0 Å². The van der Waals surface area contributed by atoms with Crippen LogP contribution in [0.5, 0.6) is 0 Å². The molecule has 2 amide bonds. The van der Waals surface area contributed by atoms with Crippen LogP contribution in [0.4, 0.5) is 0 Å². The first-order valence-electron chi connectivity index (χ1n) is 12.5. The zero-order valence-electron chi connectivity index (χ0n) is 20.2. The molecular weight excluding hydrogens is 424 g/mol. The van der Waals surface area contributed by atoms with Crippen LogP contribution in [0.2, 0.25) is 0 Å². The molecule has 1 fully saturated rings. The maximum absolute atomic E-state index is 13.2. The number of piperidine rings is 1. The van der Waals surface area contributed by atoms with E-state index in [2.05, 4.69) is 34.4 Å². The van der Waals surface area contributed by atoms with Crippen molar-refractivity contribution < 1.29 is 9.59 Å². The molecule has 3 N–H and O–H groups in total. The van der Waals surface area contributed by atoms with Gasteiger partial charge in [0.2, 0.25) is 5.91 Å². The van der Waals surface area contributed by atoms with Crippen LogP contribution >= 0.6 is 0 Å². The Bertz CT molecular complexity index is 1080. The minimum absolute atomic E-state index is 0.164. The smallest absolute Gasteiger partial charge is 0.252 e. The molecule has 1 saturated heterocycles. The molecule has 1 aliphatic rings. The molecule has 0 bridgehead atoms. The Morgan fingerprint density at radius 2 is 1.76 bits per heavy atom. The van der Waals surface area contributed by atoms with Crippen LogP contribution < -0.4 is 10.6 Å². The lowest BCUT2D eigenvalue weighted by Gasteiger charge is -2.37. The van der Waals surface area contributed by atoms with Crippen LogP contribution in [0.25, 0.3) is 10.9 Å². The molecule has 1 atom stereocenters. The number of fused-ring (bicyclic) bond motifs is 1. The summed E-state index contributed by atoms with van der Waals surface area (Å²) in [5.41, 5.74) is 2.20. The lowest BCUT2D eigenvalue weighted by atomic mass is 9.94. The summed E-state index contributed by atoms with van der Waals surface area (Å²) in [6.45, 7) is 7.34. The number of nitrogens with zero attached hydrogens (tertiary/aromatic N) is 1. The van der Waals surface area contributed by atoms with Crippen molar-refractivity contribution in [2.24, 2.45) is 5.92 Å². The van der Waals surface area contributed by atoms with Gasteiger partial charge in [0, 0.05) is 29.9 Å². The summed E-state index contributed by atoms with van der Waals surface area (Å²) in [5.74, 6) is 0.0406. The van der Waals surface area contributed by atoms with Crippen LogP contribution in [-0.4, -0.2) is 47.4 Å². The van der Waals surface area contributed by atoms with Crippen LogP contribution in [0.1, 0.15) is 61.5 Å². The quantitative estimate of drug-likeness (QED) is 0.435. The number of benzene rings is 2. The van der Waals surface area contributed by atoms with Crippen LogP contribution in [0, 0.1) is 5.92 Å². The third-order valence-corrected chi connectivity index (χ3v) is 7.16. The van der Waals surface area contributed by atoms with Gasteiger partial charge in [0.1, 0.15) is 6.04 Å². The summed E-state index contributed by atoms with van der Waals surface area (Å²) in [4.78, 5) is 32.0. The minimum Gasteiger partial charge on any atom is -0.361 e. The first-order chi connectivity index (χ1) is 16.6. The summed E-state index contributed by atoms with van der Waals surface area (Å²) < 4.78 is 0. The summed E-state index contributed by atoms with van der Waals surface area (Å²) in [6, 6.07) is 16.9. The molecule has 3 aromatic rings. The van der Waals surface area contributed by atoms with Gasteiger partial charge in [-0.2, -0.15) is 0 Å². The summed E-state index contributed by atoms with van der Waals surface area (Å²) >= 11 is 0. The summed E-state index contributed by atoms with van der Waals surface area (Å²) in [5, 5.41) is 7.13. The molecule has 2 heterocycles. The molecule has 4 rings (SSSR count). The number of hydrogen-bond donors (Lipinski definition) is 3. The first kappa shape index (κ1) is 24.0. The summed E-state index contributed by atoms with van der Waals surface area (Å²) in [6.07, 6.45) is 6.41. The monoisotopic (exact) mass is 460 g/mol. The normalized spacial score (nSPS) is 16.0. The molecule has 180 valence electrons. The van der Waals surface area contributed by atoms with Gasteiger partial charge in [-0.1, -0.05) is 50.2 Å². The van der Waals surface area contributed by atoms with Gasteiger partial charge in [0.15, 0.2) is 0 Å². The number of carbonyl (C=O) groups is 2. The molecular formula is C28H36N4O2. The topological polar surface area (TPSA) is 77.2 Å². The third kappa shape index (κ3) is 5.68. The van der Waals surface area contributed by atoms with E-state index in [0.29, 0.717) is 24.1 Å². The Morgan fingerprint density at radius 1 is 1.03 bits per heavy atom. The van der Waals surface area contributed by atoms with Gasteiger partial charge in [0.05, 0.1) is 0 Å². The number of nitrogens with one attached hydrogen (secondary N) is 3. The third-order valence-electron chi connectivity index (χ3n) is 7.16. The van der Waals surface area contributed by atoms with E-state index >= 15 is 0 Å². The maximum Gasteiger partial charge on any atom is 0.252 e. The van der Waals surface area contributed by atoms with Crippen molar-refractivity contribution in [3.63, 3.8) is 0 Å². The second-order valence-electron chi connectivity index (χ2n) is 9.29. The van der Waals surface area contributed by atoms with E-state index in [9.17, 15) is 9.59 Å². The van der Waals surface area contributed by atoms with Crippen molar-refractivity contribution in [3.05, 3.63) is 71.9 Å². The molecule has 6 nitrogen and oxygen atoms in total. The lowest BCUT2D eigenvalue weighted by Crippen LogP contribution is -2.45. The van der Waals surface area contributed by atoms with Gasteiger partial charge < -0.3 is 20.5 Å². The molecule has 34 heavy (non-hydrogen) atoms. The standard InChI is InChI=1S/C28H36N4O2/c1-3-24(4-2)32-16-13-20(14-17-32)19-30-28(34)26(22-8-6-5-7-9-22)31-27(33)23-11-10-21-12-15-29-25(21)18-23/h5-12,15,18,20,24,26,29H,3-4,13-14,16-17,19H2,1-2H3,(H,30,34)(H,31,33)/t26-/m1/s1. The number of carbonyl (C=O) groups excluding carboxylic acids is 2. The Hall–Kier alpha value is -3.12. The fraction of sp³-hybridized carbons (Fsp3) is 0.429. The van der Waals surface area contributed by atoms with Crippen molar-refractivity contribution in [2.45, 2.75) is 51.6 Å². The lowest BCUT2D eigenvalue weighted by molar-refractivity contribution is -0.123. The van der Waals surface area contributed by atoms with Crippen molar-refractivity contribution >= 4 is 22.7 Å². The molecule has 1 aromatic heterocycles. The molecule has 6 heteroatoms. The number of H-pyrrole nitrogens is 1. The zero-order chi connectivity index (χ0) is 23.9. The van der Waals surface area contributed by atoms with Gasteiger partial charge in [0.25, 0.3) is 5.91 Å². The molecule has 0 spiro atoms. The van der Waals surface area contributed by atoms with Crippen molar-refractivity contribution in [1.29, 1.82) is 0 Å². The SMILES string of the molecule is CCC(CC)N1CCC(CNC(=O)[C@H](NC(=O)c2ccc3cc[nH]c3c2)c2ccccc2)CC1. The van der Waals surface area contributed by atoms with E-state index in [1.165, 1.54) is 12.8 Å². The Kier molecular flexibility index (Phi) is 8.01. The Labute approximate surface area is 202 Å². The second-order valence-corrected chi connectivity index (χ2v) is 9.29. The van der Waals surface area contributed by atoms with Crippen molar-refractivity contribution in [2.75, 3.05) is 19.6 Å². The van der Waals surface area contributed by atoms with Gasteiger partial charge in [-0.15, -0.1) is 0 Å².